The first kappa shape index (κ1) is 36.5. The summed E-state index contributed by atoms with van der Waals surface area (Å²) in [5.74, 6) is -1.94. The monoisotopic (exact) mass is 692 g/mol. The van der Waals surface area contributed by atoms with Crippen LogP contribution in [0.3, 0.4) is 0 Å². The molecule has 3 aliphatic carbocycles. The van der Waals surface area contributed by atoms with Gasteiger partial charge in [-0.2, -0.15) is 4.31 Å². The number of ketones is 1. The Bertz CT molecular complexity index is 1380. The van der Waals surface area contributed by atoms with Crippen molar-refractivity contribution in [2.75, 3.05) is 32.4 Å². The zero-order valence-corrected chi connectivity index (χ0v) is 30.3. The molecular formula is C34H56N6O7S. The van der Waals surface area contributed by atoms with Crippen molar-refractivity contribution < 1.29 is 32.4 Å². The fraction of sp³-hybridized carbons (Fsp3) is 0.853. The number of amides is 5. The Labute approximate surface area is 285 Å². The summed E-state index contributed by atoms with van der Waals surface area (Å²) in [5, 5.41) is 11.2. The topological polar surface area (TPSA) is 174 Å². The standard InChI is InChI=1S/C34H56N6O7S/c1-33(2,3)24(19-39-15-10-16-48(39,46)47)37-32(45)38-26(21-11-8-7-9-12-21)31(44)40-18-22-25(34(22,4)5)27(40)29(42)36-23(17-20-13-14-20)28(41)30(43)35-6/h20-27H,7-19H2,1-6H3,(H,35,43)(H,36,42)(H2,37,38,45)/t22?,23?,24-,25+,26+,27+/m1/s1. The van der Waals surface area contributed by atoms with E-state index in [1.165, 1.54) is 11.4 Å². The predicted molar refractivity (Wildman–Crippen MR) is 180 cm³/mol. The molecule has 0 spiro atoms. The molecule has 4 N–H and O–H groups in total. The zero-order chi connectivity index (χ0) is 35.2. The lowest BCUT2D eigenvalue weighted by Gasteiger charge is -2.38. The van der Waals surface area contributed by atoms with Gasteiger partial charge < -0.3 is 26.2 Å². The summed E-state index contributed by atoms with van der Waals surface area (Å²) in [6.45, 7) is 10.9. The van der Waals surface area contributed by atoms with Gasteiger partial charge in [0, 0.05) is 32.7 Å². The summed E-state index contributed by atoms with van der Waals surface area (Å²) in [5.41, 5.74) is -0.634. The van der Waals surface area contributed by atoms with E-state index in [9.17, 15) is 32.4 Å². The second-order valence-corrected chi connectivity index (χ2v) is 18.6. The highest BCUT2D eigenvalue weighted by molar-refractivity contribution is 7.89. The van der Waals surface area contributed by atoms with Gasteiger partial charge in [-0.15, -0.1) is 0 Å². The van der Waals surface area contributed by atoms with Gasteiger partial charge in [-0.1, -0.05) is 66.7 Å². The molecule has 2 heterocycles. The van der Waals surface area contributed by atoms with Crippen LogP contribution < -0.4 is 21.3 Å². The molecule has 2 aliphatic heterocycles. The number of likely N-dealkylation sites (N-methyl/N-ethyl adjacent to an activating group) is 1. The van der Waals surface area contributed by atoms with Crippen LogP contribution >= 0.6 is 0 Å². The summed E-state index contributed by atoms with van der Waals surface area (Å²) in [7, 11) is -1.99. The highest BCUT2D eigenvalue weighted by Gasteiger charge is 2.69. The number of nitrogens with one attached hydrogen (secondary N) is 4. The van der Waals surface area contributed by atoms with E-state index in [4.69, 9.17) is 0 Å². The van der Waals surface area contributed by atoms with Crippen molar-refractivity contribution in [3.05, 3.63) is 0 Å². The maximum atomic E-state index is 14.6. The van der Waals surface area contributed by atoms with Gasteiger partial charge in [0.25, 0.3) is 5.91 Å². The Kier molecular flexibility index (Phi) is 10.6. The number of carbonyl (C=O) groups excluding carboxylic acids is 5. The number of carbonyl (C=O) groups is 5. The van der Waals surface area contributed by atoms with Crippen LogP contribution in [0.1, 0.15) is 92.4 Å². The summed E-state index contributed by atoms with van der Waals surface area (Å²) in [6, 6.07) is -3.70. The molecule has 5 rings (SSSR count). The molecule has 5 amide bonds. The third kappa shape index (κ3) is 7.84. The number of fused-ring (bicyclic) bond motifs is 1. The molecule has 0 aromatic rings. The maximum Gasteiger partial charge on any atom is 0.315 e. The van der Waals surface area contributed by atoms with Gasteiger partial charge in [0.2, 0.25) is 27.6 Å². The Morgan fingerprint density at radius 2 is 1.58 bits per heavy atom. The van der Waals surface area contributed by atoms with E-state index in [1.807, 2.05) is 20.8 Å². The van der Waals surface area contributed by atoms with Crippen LogP contribution in [0.15, 0.2) is 0 Å². The molecule has 3 saturated carbocycles. The largest absolute Gasteiger partial charge is 0.353 e. The lowest BCUT2D eigenvalue weighted by molar-refractivity contribution is -0.144. The number of nitrogens with zero attached hydrogens (tertiary/aromatic N) is 2. The highest BCUT2D eigenvalue weighted by atomic mass is 32.2. The van der Waals surface area contributed by atoms with Gasteiger partial charge in [0.05, 0.1) is 11.8 Å². The van der Waals surface area contributed by atoms with Crippen molar-refractivity contribution in [1.29, 1.82) is 0 Å². The van der Waals surface area contributed by atoms with E-state index >= 15 is 0 Å². The molecule has 5 fully saturated rings. The van der Waals surface area contributed by atoms with Crippen LogP contribution in [0.5, 0.6) is 0 Å². The minimum Gasteiger partial charge on any atom is -0.353 e. The van der Waals surface area contributed by atoms with Gasteiger partial charge in [-0.3, -0.25) is 19.2 Å². The molecule has 14 heteroatoms. The third-order valence-electron chi connectivity index (χ3n) is 11.7. The van der Waals surface area contributed by atoms with Crippen molar-refractivity contribution in [3.8, 4) is 0 Å². The molecule has 48 heavy (non-hydrogen) atoms. The number of Topliss-reactive ketones (excluding diaryl/α,β-unsaturated/α-hetero) is 1. The molecule has 5 aliphatic rings. The zero-order valence-electron chi connectivity index (χ0n) is 29.5. The molecule has 13 nitrogen and oxygen atoms in total. The number of sulfonamides is 1. The molecule has 270 valence electrons. The number of likely N-dealkylation sites (tertiary alicyclic amines) is 1. The van der Waals surface area contributed by atoms with E-state index in [1.54, 1.807) is 4.90 Å². The molecule has 2 unspecified atom stereocenters. The van der Waals surface area contributed by atoms with E-state index in [2.05, 4.69) is 35.1 Å². The average Bonchev–Trinajstić information content (AvgIpc) is 3.82. The van der Waals surface area contributed by atoms with Crippen LogP contribution in [0.4, 0.5) is 4.79 Å². The van der Waals surface area contributed by atoms with Gasteiger partial charge in [0.1, 0.15) is 12.1 Å². The average molecular weight is 693 g/mol. The van der Waals surface area contributed by atoms with E-state index in [0.717, 1.165) is 44.9 Å². The lowest BCUT2D eigenvalue weighted by Crippen LogP contribution is -2.61. The normalized spacial score (nSPS) is 28.5. The summed E-state index contributed by atoms with van der Waals surface area (Å²) in [6.07, 6.45) is 7.26. The molecule has 0 aromatic carbocycles. The van der Waals surface area contributed by atoms with E-state index in [0.29, 0.717) is 25.9 Å². The second-order valence-electron chi connectivity index (χ2n) is 16.5. The Morgan fingerprint density at radius 1 is 0.917 bits per heavy atom. The quantitative estimate of drug-likeness (QED) is 0.226. The van der Waals surface area contributed by atoms with Gasteiger partial charge >= 0.3 is 6.03 Å². The van der Waals surface area contributed by atoms with Crippen LogP contribution in [-0.2, 0) is 29.2 Å². The third-order valence-corrected chi connectivity index (χ3v) is 13.6. The van der Waals surface area contributed by atoms with Crippen molar-refractivity contribution in [2.24, 2.45) is 34.5 Å². The fourth-order valence-electron chi connectivity index (χ4n) is 8.27. The fourth-order valence-corrected chi connectivity index (χ4v) is 9.81. The minimum atomic E-state index is -3.37. The number of piperidine rings is 1. The van der Waals surface area contributed by atoms with Crippen LogP contribution in [-0.4, -0.2) is 104 Å². The summed E-state index contributed by atoms with van der Waals surface area (Å²) < 4.78 is 26.6. The summed E-state index contributed by atoms with van der Waals surface area (Å²) >= 11 is 0. The van der Waals surface area contributed by atoms with Gasteiger partial charge in [0.15, 0.2) is 0 Å². The van der Waals surface area contributed by atoms with Crippen LogP contribution in [0.2, 0.25) is 0 Å². The number of rotatable bonds is 12. The number of urea groups is 1. The maximum absolute atomic E-state index is 14.6. The van der Waals surface area contributed by atoms with Gasteiger partial charge in [-0.25, -0.2) is 13.2 Å². The van der Waals surface area contributed by atoms with Crippen molar-refractivity contribution >= 4 is 39.6 Å². The minimum absolute atomic E-state index is 0.0962. The molecule has 0 radical (unpaired) electrons. The first-order valence-electron chi connectivity index (χ1n) is 17.9. The smallest absolute Gasteiger partial charge is 0.315 e. The first-order chi connectivity index (χ1) is 22.5. The number of hydrogen-bond donors (Lipinski definition) is 4. The first-order valence-corrected chi connectivity index (χ1v) is 19.5. The van der Waals surface area contributed by atoms with Crippen LogP contribution in [0, 0.1) is 34.5 Å². The SMILES string of the molecule is CNC(=O)C(=O)C(CC1CC1)NC(=O)[C@@H]1[C@@H]2C(CN1C(=O)[C@@H](NC(=O)N[C@H](CN1CCCS1(=O)=O)C(C)(C)C)C1CCCCC1)C2(C)C. The molecule has 0 aromatic heterocycles. The Hall–Kier alpha value is -2.74. The van der Waals surface area contributed by atoms with Crippen molar-refractivity contribution in [1.82, 2.24) is 30.5 Å². The van der Waals surface area contributed by atoms with Crippen molar-refractivity contribution in [3.63, 3.8) is 0 Å². The Balaban J connectivity index is 1.35. The lowest BCUT2D eigenvalue weighted by atomic mass is 9.83. The Morgan fingerprint density at radius 3 is 2.15 bits per heavy atom. The van der Waals surface area contributed by atoms with Crippen molar-refractivity contribution in [2.45, 2.75) is 117 Å². The predicted octanol–water partition coefficient (Wildman–Crippen LogP) is 1.77. The molecule has 0 bridgehead atoms. The molecular weight excluding hydrogens is 636 g/mol. The van der Waals surface area contributed by atoms with E-state index < -0.39 is 63.2 Å². The van der Waals surface area contributed by atoms with Crippen LogP contribution in [0.25, 0.3) is 0 Å². The molecule has 2 saturated heterocycles. The highest BCUT2D eigenvalue weighted by Crippen LogP contribution is 2.65. The second kappa shape index (κ2) is 13.9. The number of hydrogen-bond acceptors (Lipinski definition) is 7. The van der Waals surface area contributed by atoms with Gasteiger partial charge in [-0.05, 0) is 60.2 Å². The molecule has 6 atom stereocenters. The van der Waals surface area contributed by atoms with E-state index in [-0.39, 0.29) is 47.3 Å². The summed E-state index contributed by atoms with van der Waals surface area (Å²) in [4.78, 5) is 69.2.